The molecule has 0 aromatic carbocycles. The van der Waals surface area contributed by atoms with Crippen LogP contribution in [0.4, 0.5) is 18.9 Å². The van der Waals surface area contributed by atoms with Gasteiger partial charge in [0.1, 0.15) is 5.52 Å². The molecule has 0 amide bonds. The Balaban J connectivity index is 2.68. The van der Waals surface area contributed by atoms with Gasteiger partial charge in [0.15, 0.2) is 11.9 Å². The van der Waals surface area contributed by atoms with E-state index in [1.165, 1.54) is 24.0 Å². The largest absolute Gasteiger partial charge is 0.494 e. The van der Waals surface area contributed by atoms with Gasteiger partial charge in [-0.2, -0.15) is 18.3 Å². The lowest BCUT2D eigenvalue weighted by Crippen LogP contribution is -2.21. The van der Waals surface area contributed by atoms with Crippen LogP contribution in [0.2, 0.25) is 0 Å². The molecular weight excluding hydrogens is 251 g/mol. The maximum atomic E-state index is 12.5. The number of halogens is 3. The molecule has 0 radical (unpaired) electrons. The molecule has 2 heterocycles. The van der Waals surface area contributed by atoms with E-state index in [0.717, 1.165) is 6.07 Å². The van der Waals surface area contributed by atoms with Gasteiger partial charge in [0.25, 0.3) is 0 Å². The van der Waals surface area contributed by atoms with E-state index >= 15 is 0 Å². The third kappa shape index (κ3) is 1.84. The molecule has 2 rings (SSSR count). The van der Waals surface area contributed by atoms with Crippen molar-refractivity contribution in [1.29, 1.82) is 0 Å². The second kappa shape index (κ2) is 4.05. The van der Waals surface area contributed by atoms with Crippen LogP contribution in [0.15, 0.2) is 18.5 Å². The molecule has 18 heavy (non-hydrogen) atoms. The quantitative estimate of drug-likeness (QED) is 0.859. The summed E-state index contributed by atoms with van der Waals surface area (Å²) in [6.45, 7) is 0. The molecule has 0 saturated heterocycles. The number of alkyl halides is 3. The van der Waals surface area contributed by atoms with Gasteiger partial charge in [-0.05, 0) is 6.07 Å². The number of methoxy groups -OCH3 is 1. The number of pyridine rings is 1. The third-order valence-corrected chi connectivity index (χ3v) is 2.51. The number of hydrogen-bond acceptors (Lipinski definition) is 4. The first-order valence-electron chi connectivity index (χ1n) is 4.90. The summed E-state index contributed by atoms with van der Waals surface area (Å²) < 4.78 is 43.7. The monoisotopic (exact) mass is 261 g/mol. The fourth-order valence-corrected chi connectivity index (χ4v) is 1.69. The number of nitrogens with two attached hydrogens (primary N) is 1. The topological polar surface area (TPSA) is 72.8 Å². The van der Waals surface area contributed by atoms with Crippen LogP contribution in [0.5, 0.6) is 5.75 Å². The zero-order valence-electron chi connectivity index (χ0n) is 9.27. The second-order valence-electron chi connectivity index (χ2n) is 3.64. The van der Waals surface area contributed by atoms with Crippen LogP contribution in [0, 0.1) is 0 Å². The molecule has 0 unspecified atom stereocenters. The Morgan fingerprint density at radius 3 is 2.72 bits per heavy atom. The molecule has 98 valence electrons. The number of aliphatic hydroxyl groups is 1. The van der Waals surface area contributed by atoms with Gasteiger partial charge in [-0.3, -0.25) is 0 Å². The molecule has 0 bridgehead atoms. The number of fused-ring (bicyclic) bond motifs is 1. The minimum atomic E-state index is -4.78. The molecule has 0 aliphatic heterocycles. The van der Waals surface area contributed by atoms with Crippen molar-refractivity contribution < 1.29 is 23.0 Å². The predicted octanol–water partition coefficient (Wildman–Crippen LogP) is 1.52. The summed E-state index contributed by atoms with van der Waals surface area (Å²) >= 11 is 0. The summed E-state index contributed by atoms with van der Waals surface area (Å²) in [5.74, 6) is -0.141. The lowest BCUT2D eigenvalue weighted by atomic mass is 10.1. The van der Waals surface area contributed by atoms with Crippen LogP contribution >= 0.6 is 0 Å². The smallest absolute Gasteiger partial charge is 0.418 e. The van der Waals surface area contributed by atoms with Gasteiger partial charge in [0, 0.05) is 11.8 Å². The van der Waals surface area contributed by atoms with E-state index in [4.69, 9.17) is 10.5 Å². The molecular formula is C10H10F3N3O2. The number of hydrogen-bond donors (Lipinski definition) is 2. The van der Waals surface area contributed by atoms with E-state index in [1.54, 1.807) is 0 Å². The van der Waals surface area contributed by atoms with Crippen molar-refractivity contribution in [2.45, 2.75) is 12.3 Å². The second-order valence-corrected chi connectivity index (χ2v) is 3.64. The number of ether oxygens (including phenoxy) is 1. The van der Waals surface area contributed by atoms with Crippen molar-refractivity contribution in [3.8, 4) is 5.75 Å². The van der Waals surface area contributed by atoms with Gasteiger partial charge in [0.05, 0.1) is 19.0 Å². The van der Waals surface area contributed by atoms with Crippen molar-refractivity contribution in [3.05, 3.63) is 24.0 Å². The van der Waals surface area contributed by atoms with E-state index in [9.17, 15) is 18.3 Å². The normalized spacial score (nSPS) is 13.8. The van der Waals surface area contributed by atoms with Crippen LogP contribution in [0.3, 0.4) is 0 Å². The van der Waals surface area contributed by atoms with Gasteiger partial charge in [-0.15, -0.1) is 0 Å². The first-order valence-corrected chi connectivity index (χ1v) is 4.90. The third-order valence-electron chi connectivity index (χ3n) is 2.51. The average Bonchev–Trinajstić information content (AvgIpc) is 2.68. The molecule has 8 heteroatoms. The minimum Gasteiger partial charge on any atom is -0.494 e. The van der Waals surface area contributed by atoms with Crippen LogP contribution in [-0.2, 0) is 0 Å². The summed E-state index contributed by atoms with van der Waals surface area (Å²) in [6.07, 6.45) is -4.84. The highest BCUT2D eigenvalue weighted by Gasteiger charge is 2.41. The van der Waals surface area contributed by atoms with Gasteiger partial charge in [0.2, 0.25) is 0 Å². The van der Waals surface area contributed by atoms with Gasteiger partial charge in [-0.1, -0.05) is 0 Å². The molecule has 5 nitrogen and oxygen atoms in total. The summed E-state index contributed by atoms with van der Waals surface area (Å²) in [5.41, 5.74) is 5.57. The molecule has 0 aliphatic rings. The molecule has 0 spiro atoms. The summed E-state index contributed by atoms with van der Waals surface area (Å²) in [6, 6.07) is 1.09. The van der Waals surface area contributed by atoms with Crippen molar-refractivity contribution in [1.82, 2.24) is 9.61 Å². The van der Waals surface area contributed by atoms with Crippen molar-refractivity contribution >= 4 is 11.2 Å². The maximum absolute atomic E-state index is 12.5. The molecule has 0 saturated carbocycles. The summed E-state index contributed by atoms with van der Waals surface area (Å²) in [5, 5.41) is 13.1. The Kier molecular flexibility index (Phi) is 2.81. The lowest BCUT2D eigenvalue weighted by Gasteiger charge is -2.18. The van der Waals surface area contributed by atoms with Crippen molar-refractivity contribution in [2.75, 3.05) is 12.8 Å². The lowest BCUT2D eigenvalue weighted by molar-refractivity contribution is -0.207. The molecule has 1 atom stereocenters. The Morgan fingerprint density at radius 2 is 2.17 bits per heavy atom. The number of anilines is 1. The number of rotatable bonds is 2. The van der Waals surface area contributed by atoms with Crippen LogP contribution in [0.1, 0.15) is 11.7 Å². The predicted molar refractivity (Wildman–Crippen MR) is 57.2 cm³/mol. The fraction of sp³-hybridized carbons (Fsp3) is 0.300. The Labute approximate surface area is 99.6 Å². The zero-order valence-corrected chi connectivity index (χ0v) is 9.27. The highest BCUT2D eigenvalue weighted by molar-refractivity contribution is 5.78. The highest BCUT2D eigenvalue weighted by Crippen LogP contribution is 2.39. The minimum absolute atomic E-state index is 0.141. The number of nitrogen functional groups attached to an aromatic ring is 1. The highest BCUT2D eigenvalue weighted by atomic mass is 19.4. The van der Waals surface area contributed by atoms with Crippen LogP contribution in [-0.4, -0.2) is 28.0 Å². The standard InChI is InChI=1S/C10H10F3N3O2/c1-18-8-5(9(17)10(11,12)13)2-3-16-7(8)6(14)4-15-16/h2-4,9,17H,14H2,1H3/t9-/m0/s1. The van der Waals surface area contributed by atoms with Gasteiger partial charge in [-0.25, -0.2) is 4.52 Å². The SMILES string of the molecule is COc1c([C@H](O)C(F)(F)F)ccn2ncc(N)c12. The van der Waals surface area contributed by atoms with E-state index in [-0.39, 0.29) is 17.0 Å². The van der Waals surface area contributed by atoms with Gasteiger partial charge < -0.3 is 15.6 Å². The molecule has 2 aromatic heterocycles. The van der Waals surface area contributed by atoms with Gasteiger partial charge >= 0.3 is 6.18 Å². The van der Waals surface area contributed by atoms with Crippen LogP contribution in [0.25, 0.3) is 5.52 Å². The van der Waals surface area contributed by atoms with Crippen molar-refractivity contribution in [3.63, 3.8) is 0 Å². The Bertz CT molecular complexity index is 579. The van der Waals surface area contributed by atoms with E-state index < -0.39 is 17.8 Å². The fourth-order valence-electron chi connectivity index (χ4n) is 1.69. The van der Waals surface area contributed by atoms with E-state index in [1.807, 2.05) is 0 Å². The summed E-state index contributed by atoms with van der Waals surface area (Å²) in [4.78, 5) is 0. The molecule has 2 aromatic rings. The van der Waals surface area contributed by atoms with E-state index in [0.29, 0.717) is 0 Å². The zero-order chi connectivity index (χ0) is 13.5. The molecule has 0 aliphatic carbocycles. The number of aliphatic hydroxyl groups excluding tert-OH is 1. The number of nitrogens with zero attached hydrogens (tertiary/aromatic N) is 2. The first kappa shape index (κ1) is 12.5. The first-order chi connectivity index (χ1) is 8.36. The Morgan fingerprint density at radius 1 is 1.50 bits per heavy atom. The summed E-state index contributed by atoms with van der Waals surface area (Å²) in [7, 11) is 1.20. The average molecular weight is 261 g/mol. The van der Waals surface area contributed by atoms with Crippen molar-refractivity contribution in [2.24, 2.45) is 0 Å². The van der Waals surface area contributed by atoms with Crippen LogP contribution < -0.4 is 10.5 Å². The molecule has 0 fully saturated rings. The van der Waals surface area contributed by atoms with E-state index in [2.05, 4.69) is 5.10 Å². The Hall–Kier alpha value is -1.96. The number of aromatic nitrogens is 2. The maximum Gasteiger partial charge on any atom is 0.418 e. The molecule has 3 N–H and O–H groups in total.